The van der Waals surface area contributed by atoms with Crippen molar-refractivity contribution in [1.82, 2.24) is 10.2 Å². The summed E-state index contributed by atoms with van der Waals surface area (Å²) >= 11 is 0. The van der Waals surface area contributed by atoms with E-state index in [-0.39, 0.29) is 30.6 Å². The minimum atomic E-state index is -0.845. The lowest BCUT2D eigenvalue weighted by molar-refractivity contribution is -0.137. The molecule has 0 bridgehead atoms. The van der Waals surface area contributed by atoms with Crippen LogP contribution >= 0.6 is 0 Å². The van der Waals surface area contributed by atoms with Gasteiger partial charge in [0.2, 0.25) is 0 Å². The van der Waals surface area contributed by atoms with E-state index in [9.17, 15) is 9.59 Å². The zero-order chi connectivity index (χ0) is 13.1. The van der Waals surface area contributed by atoms with Crippen molar-refractivity contribution in [2.75, 3.05) is 13.7 Å². The molecular formula is C12H20N2O4. The van der Waals surface area contributed by atoms with Gasteiger partial charge in [0.25, 0.3) is 0 Å². The van der Waals surface area contributed by atoms with Gasteiger partial charge in [-0.05, 0) is 25.7 Å². The summed E-state index contributed by atoms with van der Waals surface area (Å²) in [7, 11) is 1.67. The minimum Gasteiger partial charge on any atom is -0.481 e. The van der Waals surface area contributed by atoms with Crippen molar-refractivity contribution in [2.45, 2.75) is 50.3 Å². The third-order valence-electron chi connectivity index (χ3n) is 3.80. The molecule has 2 fully saturated rings. The van der Waals surface area contributed by atoms with Gasteiger partial charge >= 0.3 is 12.0 Å². The van der Waals surface area contributed by atoms with Gasteiger partial charge in [0.1, 0.15) is 0 Å². The first kappa shape index (κ1) is 13.1. The molecule has 2 rings (SSSR count). The second kappa shape index (κ2) is 5.56. The maximum Gasteiger partial charge on any atom is 0.317 e. The Hall–Kier alpha value is -1.30. The number of ether oxygens (including phenoxy) is 1. The molecule has 2 aliphatic rings. The van der Waals surface area contributed by atoms with E-state index in [0.717, 1.165) is 25.7 Å². The highest BCUT2D eigenvalue weighted by Gasteiger charge is 2.35. The molecular weight excluding hydrogens is 236 g/mol. The van der Waals surface area contributed by atoms with Crippen LogP contribution in [0.4, 0.5) is 4.79 Å². The summed E-state index contributed by atoms with van der Waals surface area (Å²) in [5, 5.41) is 11.7. The monoisotopic (exact) mass is 256 g/mol. The molecule has 6 nitrogen and oxygen atoms in total. The number of hydrogen-bond donors (Lipinski definition) is 2. The van der Waals surface area contributed by atoms with Gasteiger partial charge in [0, 0.05) is 25.7 Å². The summed E-state index contributed by atoms with van der Waals surface area (Å²) in [6.07, 6.45) is 3.66. The number of urea groups is 1. The molecule has 1 unspecified atom stereocenters. The Bertz CT molecular complexity index is 328. The molecule has 1 saturated heterocycles. The molecule has 0 spiro atoms. The van der Waals surface area contributed by atoms with Gasteiger partial charge in [-0.2, -0.15) is 0 Å². The van der Waals surface area contributed by atoms with Gasteiger partial charge in [0.05, 0.1) is 12.5 Å². The molecule has 6 heteroatoms. The number of aliphatic carboxylic acids is 1. The lowest BCUT2D eigenvalue weighted by Gasteiger charge is -2.36. The lowest BCUT2D eigenvalue weighted by Crippen LogP contribution is -2.53. The smallest absolute Gasteiger partial charge is 0.317 e. The average molecular weight is 256 g/mol. The highest BCUT2D eigenvalue weighted by Crippen LogP contribution is 2.24. The van der Waals surface area contributed by atoms with Gasteiger partial charge in [-0.25, -0.2) is 4.79 Å². The maximum atomic E-state index is 12.0. The van der Waals surface area contributed by atoms with Crippen molar-refractivity contribution in [1.29, 1.82) is 0 Å². The van der Waals surface area contributed by atoms with Crippen LogP contribution in [0, 0.1) is 0 Å². The molecule has 18 heavy (non-hydrogen) atoms. The Morgan fingerprint density at radius 1 is 1.44 bits per heavy atom. The number of carbonyl (C=O) groups excluding carboxylic acids is 1. The lowest BCUT2D eigenvalue weighted by atomic mass is 9.89. The van der Waals surface area contributed by atoms with Crippen LogP contribution in [-0.4, -0.2) is 53.8 Å². The largest absolute Gasteiger partial charge is 0.481 e. The van der Waals surface area contributed by atoms with E-state index in [1.165, 1.54) is 0 Å². The van der Waals surface area contributed by atoms with E-state index >= 15 is 0 Å². The zero-order valence-corrected chi connectivity index (χ0v) is 10.6. The Morgan fingerprint density at radius 3 is 2.78 bits per heavy atom. The number of rotatable bonds is 4. The van der Waals surface area contributed by atoms with E-state index in [1.807, 2.05) is 0 Å². The fraction of sp³-hybridized carbons (Fsp3) is 0.833. The number of nitrogens with one attached hydrogen (secondary N) is 1. The molecule has 2 amide bonds. The van der Waals surface area contributed by atoms with E-state index in [4.69, 9.17) is 9.84 Å². The molecule has 0 aromatic rings. The number of likely N-dealkylation sites (tertiary alicyclic amines) is 1. The Labute approximate surface area is 106 Å². The standard InChI is InChI=1S/C12H20N2O4/c1-18-10-5-8(6-10)13-12(17)14-4-2-3-9(14)7-11(15)16/h8-10H,2-7H2,1H3,(H,13,17)(H,15,16). The first-order chi connectivity index (χ1) is 8.60. The summed E-state index contributed by atoms with van der Waals surface area (Å²) in [5.41, 5.74) is 0. The molecule has 0 radical (unpaired) electrons. The average Bonchev–Trinajstić information content (AvgIpc) is 2.69. The van der Waals surface area contributed by atoms with E-state index in [0.29, 0.717) is 6.54 Å². The van der Waals surface area contributed by atoms with Crippen LogP contribution < -0.4 is 5.32 Å². The summed E-state index contributed by atoms with van der Waals surface area (Å²) in [6, 6.07) is -0.104. The Balaban J connectivity index is 1.79. The summed E-state index contributed by atoms with van der Waals surface area (Å²) in [5.74, 6) is -0.845. The maximum absolute atomic E-state index is 12.0. The Morgan fingerprint density at radius 2 is 2.17 bits per heavy atom. The predicted molar refractivity (Wildman–Crippen MR) is 64.3 cm³/mol. The van der Waals surface area contributed by atoms with Crippen LogP contribution in [-0.2, 0) is 9.53 Å². The molecule has 1 atom stereocenters. The summed E-state index contributed by atoms with van der Waals surface area (Å²) in [6.45, 7) is 0.657. The van der Waals surface area contributed by atoms with Crippen molar-refractivity contribution in [3.8, 4) is 0 Å². The SMILES string of the molecule is COC1CC(NC(=O)N2CCCC2CC(=O)O)C1. The summed E-state index contributed by atoms with van der Waals surface area (Å²) in [4.78, 5) is 24.4. The van der Waals surface area contributed by atoms with Crippen molar-refractivity contribution >= 4 is 12.0 Å². The fourth-order valence-corrected chi connectivity index (χ4v) is 2.65. The molecule has 0 aromatic heterocycles. The number of methoxy groups -OCH3 is 1. The molecule has 1 saturated carbocycles. The van der Waals surface area contributed by atoms with Crippen molar-refractivity contribution in [3.63, 3.8) is 0 Å². The number of amides is 2. The van der Waals surface area contributed by atoms with E-state index < -0.39 is 5.97 Å². The quantitative estimate of drug-likeness (QED) is 0.780. The second-order valence-electron chi connectivity index (χ2n) is 5.06. The van der Waals surface area contributed by atoms with Crippen LogP contribution in [0.5, 0.6) is 0 Å². The van der Waals surface area contributed by atoms with Crippen molar-refractivity contribution < 1.29 is 19.4 Å². The van der Waals surface area contributed by atoms with Crippen LogP contribution in [0.1, 0.15) is 32.1 Å². The van der Waals surface area contributed by atoms with E-state index in [1.54, 1.807) is 12.0 Å². The molecule has 0 aromatic carbocycles. The predicted octanol–water partition coefficient (Wildman–Crippen LogP) is 0.812. The van der Waals surface area contributed by atoms with Crippen molar-refractivity contribution in [3.05, 3.63) is 0 Å². The molecule has 1 aliphatic heterocycles. The molecule has 1 aliphatic carbocycles. The zero-order valence-electron chi connectivity index (χ0n) is 10.6. The third kappa shape index (κ3) is 2.93. The van der Waals surface area contributed by atoms with Gasteiger partial charge in [0.15, 0.2) is 0 Å². The first-order valence-corrected chi connectivity index (χ1v) is 6.42. The highest BCUT2D eigenvalue weighted by atomic mass is 16.5. The van der Waals surface area contributed by atoms with Crippen molar-refractivity contribution in [2.24, 2.45) is 0 Å². The van der Waals surface area contributed by atoms with E-state index in [2.05, 4.69) is 5.32 Å². The second-order valence-corrected chi connectivity index (χ2v) is 5.06. The van der Waals surface area contributed by atoms with Crippen LogP contribution in [0.15, 0.2) is 0 Å². The van der Waals surface area contributed by atoms with Gasteiger partial charge in [-0.15, -0.1) is 0 Å². The third-order valence-corrected chi connectivity index (χ3v) is 3.80. The molecule has 2 N–H and O–H groups in total. The van der Waals surface area contributed by atoms with Gasteiger partial charge < -0.3 is 20.1 Å². The molecule has 1 heterocycles. The van der Waals surface area contributed by atoms with Crippen LogP contribution in [0.25, 0.3) is 0 Å². The minimum absolute atomic E-state index is 0.0405. The normalized spacial score (nSPS) is 30.9. The summed E-state index contributed by atoms with van der Waals surface area (Å²) < 4.78 is 5.15. The highest BCUT2D eigenvalue weighted by molar-refractivity contribution is 5.76. The van der Waals surface area contributed by atoms with Gasteiger partial charge in [-0.3, -0.25) is 4.79 Å². The van der Waals surface area contributed by atoms with Crippen LogP contribution in [0.3, 0.4) is 0 Å². The fourth-order valence-electron chi connectivity index (χ4n) is 2.65. The number of carboxylic acid groups (broad SMARTS) is 1. The topological polar surface area (TPSA) is 78.9 Å². The van der Waals surface area contributed by atoms with Gasteiger partial charge in [-0.1, -0.05) is 0 Å². The van der Waals surface area contributed by atoms with Crippen LogP contribution in [0.2, 0.25) is 0 Å². The number of carboxylic acids is 1. The number of hydrogen-bond acceptors (Lipinski definition) is 3. The Kier molecular flexibility index (Phi) is 4.06. The molecule has 102 valence electrons. The number of nitrogens with zero attached hydrogens (tertiary/aromatic N) is 1. The first-order valence-electron chi connectivity index (χ1n) is 6.42. The number of carbonyl (C=O) groups is 2.